The van der Waals surface area contributed by atoms with E-state index in [9.17, 15) is 5.26 Å². The number of benzene rings is 1. The molecule has 0 radical (unpaired) electrons. The lowest BCUT2D eigenvalue weighted by molar-refractivity contribution is 0.415. The van der Waals surface area contributed by atoms with Crippen molar-refractivity contribution in [3.8, 4) is 34.3 Å². The average molecular weight is 425 g/mol. The van der Waals surface area contributed by atoms with Crippen molar-refractivity contribution >= 4 is 11.0 Å². The molecule has 2 atom stereocenters. The molecule has 2 aliphatic rings. The number of H-pyrrole nitrogens is 1. The van der Waals surface area contributed by atoms with Crippen LogP contribution in [0.2, 0.25) is 0 Å². The fraction of sp³-hybridized carbons (Fsp3) is 0.333. The van der Waals surface area contributed by atoms with Gasteiger partial charge in [-0.2, -0.15) is 15.5 Å². The second-order valence-electron chi connectivity index (χ2n) is 8.46. The number of hydrogen-bond acceptors (Lipinski definition) is 6. The standard InChI is InChI=1S/C24H23N7O/c1-32-21-9-20-24(22(30-29-20)15-11-27-31(13-15)16-7-8-26-12-16)28-23(21)19-4-2-3-17-14(10-25)5-6-18(17)19/h2-4,9,11,13-14,16,26H,5-8,12H2,1H3,(H,29,30)/t14?,16-/m0/s1. The van der Waals surface area contributed by atoms with E-state index < -0.39 is 0 Å². The number of nitrogens with zero attached hydrogens (tertiary/aromatic N) is 5. The zero-order valence-electron chi connectivity index (χ0n) is 17.8. The molecule has 1 aliphatic carbocycles. The predicted molar refractivity (Wildman–Crippen MR) is 120 cm³/mol. The zero-order chi connectivity index (χ0) is 21.7. The molecular formula is C24H23N7O. The lowest BCUT2D eigenvalue weighted by Crippen LogP contribution is -2.13. The van der Waals surface area contributed by atoms with Crippen LogP contribution < -0.4 is 10.1 Å². The Labute approximate surface area is 185 Å². The summed E-state index contributed by atoms with van der Waals surface area (Å²) in [6, 6.07) is 10.9. The Hall–Kier alpha value is -3.70. The van der Waals surface area contributed by atoms with Crippen LogP contribution >= 0.6 is 0 Å². The zero-order valence-corrected chi connectivity index (χ0v) is 17.8. The van der Waals surface area contributed by atoms with E-state index in [2.05, 4.69) is 45.0 Å². The maximum Gasteiger partial charge on any atom is 0.147 e. The molecule has 1 saturated heterocycles. The van der Waals surface area contributed by atoms with Crippen molar-refractivity contribution in [3.05, 3.63) is 47.8 Å². The van der Waals surface area contributed by atoms with E-state index >= 15 is 0 Å². The van der Waals surface area contributed by atoms with Gasteiger partial charge in [0.25, 0.3) is 0 Å². The summed E-state index contributed by atoms with van der Waals surface area (Å²) in [4.78, 5) is 5.04. The molecule has 0 saturated carbocycles. The number of ether oxygens (including phenoxy) is 1. The minimum atomic E-state index is -0.0555. The Morgan fingerprint density at radius 1 is 1.25 bits per heavy atom. The topological polar surface area (TPSA) is 104 Å². The molecule has 3 aromatic heterocycles. The van der Waals surface area contributed by atoms with Gasteiger partial charge in [0.15, 0.2) is 0 Å². The SMILES string of the molecule is COc1cc2[nH]nc(-c3cnn([C@H]4CCNC4)c3)c2nc1-c1cccc2c1CCC2C#N. The Morgan fingerprint density at radius 2 is 2.19 bits per heavy atom. The maximum atomic E-state index is 9.52. The van der Waals surface area contributed by atoms with E-state index in [1.165, 1.54) is 5.56 Å². The number of fused-ring (bicyclic) bond motifs is 2. The fourth-order valence-corrected chi connectivity index (χ4v) is 5.02. The molecule has 6 rings (SSSR count). The van der Waals surface area contributed by atoms with Gasteiger partial charge in [-0.05, 0) is 36.9 Å². The summed E-state index contributed by atoms with van der Waals surface area (Å²) >= 11 is 0. The molecule has 8 heteroatoms. The van der Waals surface area contributed by atoms with Crippen molar-refractivity contribution in [3.63, 3.8) is 0 Å². The van der Waals surface area contributed by atoms with Crippen LogP contribution in [0, 0.1) is 11.3 Å². The van der Waals surface area contributed by atoms with Crippen LogP contribution in [0.5, 0.6) is 5.75 Å². The predicted octanol–water partition coefficient (Wildman–Crippen LogP) is 3.58. The highest BCUT2D eigenvalue weighted by Gasteiger charge is 2.27. The van der Waals surface area contributed by atoms with Crippen LogP contribution in [0.15, 0.2) is 36.7 Å². The third-order valence-corrected chi connectivity index (χ3v) is 6.68. The van der Waals surface area contributed by atoms with Gasteiger partial charge in [0.05, 0.1) is 36.9 Å². The van der Waals surface area contributed by atoms with Crippen LogP contribution in [0.25, 0.3) is 33.5 Å². The molecule has 4 aromatic rings. The Bertz CT molecular complexity index is 1360. The van der Waals surface area contributed by atoms with Crippen LogP contribution in [0.3, 0.4) is 0 Å². The second-order valence-corrected chi connectivity index (χ2v) is 8.46. The smallest absolute Gasteiger partial charge is 0.147 e. The fourth-order valence-electron chi connectivity index (χ4n) is 5.02. The summed E-state index contributed by atoms with van der Waals surface area (Å²) in [5, 5.41) is 25.1. The Kier molecular flexibility index (Phi) is 4.44. The maximum absolute atomic E-state index is 9.52. The molecular weight excluding hydrogens is 402 g/mol. The first-order valence-electron chi connectivity index (χ1n) is 11.0. The van der Waals surface area contributed by atoms with Gasteiger partial charge >= 0.3 is 0 Å². The number of aromatic nitrogens is 5. The second kappa shape index (κ2) is 7.46. The van der Waals surface area contributed by atoms with Crippen LogP contribution in [0.4, 0.5) is 0 Å². The van der Waals surface area contributed by atoms with Crippen LogP contribution in [-0.4, -0.2) is 45.2 Å². The number of pyridine rings is 1. The van der Waals surface area contributed by atoms with Gasteiger partial charge in [-0.3, -0.25) is 9.78 Å². The molecule has 8 nitrogen and oxygen atoms in total. The van der Waals surface area contributed by atoms with Gasteiger partial charge in [0.2, 0.25) is 0 Å². The summed E-state index contributed by atoms with van der Waals surface area (Å²) in [6.45, 7) is 1.95. The molecule has 0 spiro atoms. The van der Waals surface area contributed by atoms with Crippen molar-refractivity contribution in [1.29, 1.82) is 5.26 Å². The summed E-state index contributed by atoms with van der Waals surface area (Å²) < 4.78 is 7.73. The summed E-state index contributed by atoms with van der Waals surface area (Å²) in [6.07, 6.45) is 6.70. The third-order valence-electron chi connectivity index (χ3n) is 6.68. The van der Waals surface area contributed by atoms with Crippen molar-refractivity contribution in [2.45, 2.75) is 31.2 Å². The van der Waals surface area contributed by atoms with Crippen molar-refractivity contribution in [2.75, 3.05) is 20.2 Å². The van der Waals surface area contributed by atoms with E-state index in [0.717, 1.165) is 71.5 Å². The lowest BCUT2D eigenvalue weighted by atomic mass is 9.97. The van der Waals surface area contributed by atoms with Gasteiger partial charge < -0.3 is 10.1 Å². The molecule has 4 heterocycles. The third kappa shape index (κ3) is 2.89. The van der Waals surface area contributed by atoms with Gasteiger partial charge in [-0.25, -0.2) is 4.98 Å². The molecule has 1 fully saturated rings. The monoisotopic (exact) mass is 425 g/mol. The number of nitrogens with one attached hydrogen (secondary N) is 2. The average Bonchev–Trinajstić information content (AvgIpc) is 3.62. The molecule has 32 heavy (non-hydrogen) atoms. The highest BCUT2D eigenvalue weighted by atomic mass is 16.5. The van der Waals surface area contributed by atoms with E-state index in [4.69, 9.17) is 9.72 Å². The molecule has 2 N–H and O–H groups in total. The first kappa shape index (κ1) is 19.0. The van der Waals surface area contributed by atoms with E-state index in [1.54, 1.807) is 7.11 Å². The van der Waals surface area contributed by atoms with Crippen LogP contribution in [0.1, 0.15) is 35.9 Å². The molecule has 160 valence electrons. The number of rotatable bonds is 4. The van der Waals surface area contributed by atoms with Crippen LogP contribution in [-0.2, 0) is 6.42 Å². The number of aromatic amines is 1. The number of methoxy groups -OCH3 is 1. The van der Waals surface area contributed by atoms with E-state index in [1.807, 2.05) is 23.0 Å². The van der Waals surface area contributed by atoms with Gasteiger partial charge in [-0.15, -0.1) is 0 Å². The summed E-state index contributed by atoms with van der Waals surface area (Å²) in [7, 11) is 1.66. The first-order chi connectivity index (χ1) is 15.8. The molecule has 1 aliphatic heterocycles. The number of hydrogen-bond donors (Lipinski definition) is 2. The largest absolute Gasteiger partial charge is 0.494 e. The van der Waals surface area contributed by atoms with Crippen molar-refractivity contribution in [2.24, 2.45) is 0 Å². The summed E-state index contributed by atoms with van der Waals surface area (Å²) in [5.74, 6) is 0.634. The normalized spacial score (nSPS) is 19.9. The molecule has 0 amide bonds. The molecule has 0 bridgehead atoms. The van der Waals surface area contributed by atoms with E-state index in [0.29, 0.717) is 11.8 Å². The Morgan fingerprint density at radius 3 is 3.00 bits per heavy atom. The Balaban J connectivity index is 1.48. The number of nitriles is 1. The van der Waals surface area contributed by atoms with Crippen molar-refractivity contribution in [1.82, 2.24) is 30.3 Å². The lowest BCUT2D eigenvalue weighted by Gasteiger charge is -2.12. The quantitative estimate of drug-likeness (QED) is 0.518. The highest BCUT2D eigenvalue weighted by Crippen LogP contribution is 2.42. The highest BCUT2D eigenvalue weighted by molar-refractivity contribution is 5.92. The minimum absolute atomic E-state index is 0.0555. The molecule has 1 aromatic carbocycles. The van der Waals surface area contributed by atoms with Gasteiger partial charge in [0, 0.05) is 29.9 Å². The van der Waals surface area contributed by atoms with E-state index in [-0.39, 0.29) is 5.92 Å². The first-order valence-corrected chi connectivity index (χ1v) is 11.0. The van der Waals surface area contributed by atoms with Crippen molar-refractivity contribution < 1.29 is 4.74 Å². The summed E-state index contributed by atoms with van der Waals surface area (Å²) in [5.41, 5.74) is 7.43. The molecule has 1 unspecified atom stereocenters. The minimum Gasteiger partial charge on any atom is -0.494 e. The van der Waals surface area contributed by atoms with Gasteiger partial charge in [-0.1, -0.05) is 18.2 Å². The van der Waals surface area contributed by atoms with Gasteiger partial charge in [0.1, 0.15) is 22.7 Å².